The first-order chi connectivity index (χ1) is 9.08. The number of aliphatic carboxylic acids is 1. The van der Waals surface area contributed by atoms with Crippen LogP contribution in [0.15, 0.2) is 35.7 Å². The fraction of sp³-hybridized carbons (Fsp3) is 0.286. The summed E-state index contributed by atoms with van der Waals surface area (Å²) >= 11 is 1.58. The highest BCUT2D eigenvalue weighted by Gasteiger charge is 2.17. The van der Waals surface area contributed by atoms with E-state index in [0.29, 0.717) is 6.54 Å². The zero-order valence-electron chi connectivity index (χ0n) is 10.9. The topological polar surface area (TPSA) is 53.4 Å². The Bertz CT molecular complexity index is 554. The lowest BCUT2D eigenvalue weighted by Crippen LogP contribution is -2.35. The number of benzene rings is 1. The number of carbonyl (C=O) groups is 1. The highest BCUT2D eigenvalue weighted by molar-refractivity contribution is 7.13. The Labute approximate surface area is 116 Å². The van der Waals surface area contributed by atoms with Crippen molar-refractivity contribution in [2.75, 3.05) is 7.05 Å². The van der Waals surface area contributed by atoms with Gasteiger partial charge >= 0.3 is 5.97 Å². The molecule has 0 aliphatic carbocycles. The molecule has 100 valence electrons. The van der Waals surface area contributed by atoms with Crippen LogP contribution in [0.3, 0.4) is 0 Å². The average molecular weight is 276 g/mol. The summed E-state index contributed by atoms with van der Waals surface area (Å²) in [6.07, 6.45) is 0. The monoisotopic (exact) mass is 276 g/mol. The van der Waals surface area contributed by atoms with E-state index in [1.165, 1.54) is 0 Å². The first-order valence-electron chi connectivity index (χ1n) is 6.01. The molecule has 0 saturated heterocycles. The second-order valence-electron chi connectivity index (χ2n) is 4.44. The Morgan fingerprint density at radius 2 is 2.11 bits per heavy atom. The number of carboxylic acid groups (broad SMARTS) is 1. The minimum atomic E-state index is -0.819. The minimum Gasteiger partial charge on any atom is -0.480 e. The lowest BCUT2D eigenvalue weighted by Gasteiger charge is -2.19. The number of aromatic nitrogens is 1. The molecular formula is C14H16N2O2S. The lowest BCUT2D eigenvalue weighted by molar-refractivity contribution is -0.142. The zero-order chi connectivity index (χ0) is 13.8. The Morgan fingerprint density at radius 3 is 2.74 bits per heavy atom. The van der Waals surface area contributed by atoms with E-state index in [0.717, 1.165) is 16.3 Å². The third-order valence-electron chi connectivity index (χ3n) is 3.00. The molecule has 5 heteroatoms. The largest absolute Gasteiger partial charge is 0.480 e. The first-order valence-corrected chi connectivity index (χ1v) is 6.89. The van der Waals surface area contributed by atoms with Crippen molar-refractivity contribution in [2.24, 2.45) is 0 Å². The molecule has 0 radical (unpaired) electrons. The molecule has 1 atom stereocenters. The zero-order valence-corrected chi connectivity index (χ0v) is 11.7. The van der Waals surface area contributed by atoms with E-state index in [4.69, 9.17) is 5.11 Å². The Kier molecular flexibility index (Phi) is 4.29. The molecule has 1 aromatic carbocycles. The van der Waals surface area contributed by atoms with Crippen LogP contribution < -0.4 is 0 Å². The fourth-order valence-electron chi connectivity index (χ4n) is 1.67. The van der Waals surface area contributed by atoms with Gasteiger partial charge in [-0.25, -0.2) is 4.98 Å². The summed E-state index contributed by atoms with van der Waals surface area (Å²) in [5.74, 6) is -0.819. The van der Waals surface area contributed by atoms with Crippen LogP contribution in [0.2, 0.25) is 0 Å². The third-order valence-corrected chi connectivity index (χ3v) is 3.94. The maximum absolute atomic E-state index is 10.9. The van der Waals surface area contributed by atoms with E-state index < -0.39 is 12.0 Å². The van der Waals surface area contributed by atoms with Crippen molar-refractivity contribution < 1.29 is 9.90 Å². The molecular weight excluding hydrogens is 260 g/mol. The quantitative estimate of drug-likeness (QED) is 0.912. The van der Waals surface area contributed by atoms with Crippen molar-refractivity contribution in [3.05, 3.63) is 41.4 Å². The van der Waals surface area contributed by atoms with Gasteiger partial charge in [0.2, 0.25) is 0 Å². The third kappa shape index (κ3) is 3.39. The molecule has 0 spiro atoms. The number of likely N-dealkylation sites (N-methyl/N-ethyl adjacent to an activating group) is 1. The Hall–Kier alpha value is -1.72. The summed E-state index contributed by atoms with van der Waals surface area (Å²) in [5, 5.41) is 11.9. The molecule has 0 bridgehead atoms. The number of hydrogen-bond donors (Lipinski definition) is 1. The van der Waals surface area contributed by atoms with Crippen molar-refractivity contribution >= 4 is 17.3 Å². The maximum Gasteiger partial charge on any atom is 0.320 e. The normalized spacial score (nSPS) is 12.6. The Balaban J connectivity index is 2.08. The van der Waals surface area contributed by atoms with Crippen molar-refractivity contribution in [3.63, 3.8) is 0 Å². The van der Waals surface area contributed by atoms with Gasteiger partial charge < -0.3 is 5.11 Å². The van der Waals surface area contributed by atoms with Crippen molar-refractivity contribution in [2.45, 2.75) is 19.5 Å². The number of rotatable bonds is 5. The van der Waals surface area contributed by atoms with Crippen LogP contribution in [0.1, 0.15) is 12.6 Å². The van der Waals surface area contributed by atoms with Crippen LogP contribution in [0.5, 0.6) is 0 Å². The van der Waals surface area contributed by atoms with Crippen LogP contribution in [-0.4, -0.2) is 34.0 Å². The molecule has 0 aliphatic heterocycles. The van der Waals surface area contributed by atoms with Gasteiger partial charge in [0.05, 0.1) is 5.69 Å². The van der Waals surface area contributed by atoms with Crippen molar-refractivity contribution in [1.82, 2.24) is 9.88 Å². The molecule has 1 heterocycles. The minimum absolute atomic E-state index is 0.512. The van der Waals surface area contributed by atoms with Gasteiger partial charge in [0.15, 0.2) is 0 Å². The van der Waals surface area contributed by atoms with Gasteiger partial charge in [-0.1, -0.05) is 30.3 Å². The Morgan fingerprint density at radius 1 is 1.42 bits per heavy atom. The summed E-state index contributed by atoms with van der Waals surface area (Å²) in [4.78, 5) is 17.2. The van der Waals surface area contributed by atoms with E-state index in [-0.39, 0.29) is 0 Å². The average Bonchev–Trinajstić information content (AvgIpc) is 2.87. The number of carboxylic acids is 1. The molecule has 1 aromatic heterocycles. The van der Waals surface area contributed by atoms with Gasteiger partial charge in [-0.15, -0.1) is 11.3 Å². The van der Waals surface area contributed by atoms with Crippen LogP contribution >= 0.6 is 11.3 Å². The van der Waals surface area contributed by atoms with E-state index in [1.54, 1.807) is 30.2 Å². The van der Waals surface area contributed by atoms with Crippen LogP contribution in [0.4, 0.5) is 0 Å². The van der Waals surface area contributed by atoms with Crippen molar-refractivity contribution in [3.8, 4) is 10.6 Å². The summed E-state index contributed by atoms with van der Waals surface area (Å²) in [6, 6.07) is 9.46. The van der Waals surface area contributed by atoms with Gasteiger partial charge in [-0.05, 0) is 14.0 Å². The van der Waals surface area contributed by atoms with Crippen LogP contribution in [0, 0.1) is 0 Å². The van der Waals surface area contributed by atoms with Crippen molar-refractivity contribution in [1.29, 1.82) is 0 Å². The summed E-state index contributed by atoms with van der Waals surface area (Å²) < 4.78 is 0. The van der Waals surface area contributed by atoms with Gasteiger partial charge in [-0.2, -0.15) is 0 Å². The molecule has 4 nitrogen and oxygen atoms in total. The highest BCUT2D eigenvalue weighted by Crippen LogP contribution is 2.23. The molecule has 0 amide bonds. The smallest absolute Gasteiger partial charge is 0.320 e. The second-order valence-corrected chi connectivity index (χ2v) is 5.30. The van der Waals surface area contributed by atoms with Gasteiger partial charge in [0.25, 0.3) is 0 Å². The first kappa shape index (κ1) is 13.7. The summed E-state index contributed by atoms with van der Waals surface area (Å²) in [7, 11) is 1.79. The van der Waals surface area contributed by atoms with Gasteiger partial charge in [-0.3, -0.25) is 9.69 Å². The fourth-order valence-corrected chi connectivity index (χ4v) is 2.49. The molecule has 1 N–H and O–H groups in total. The maximum atomic E-state index is 10.9. The van der Waals surface area contributed by atoms with E-state index in [1.807, 2.05) is 35.7 Å². The molecule has 1 unspecified atom stereocenters. The SMILES string of the molecule is CC(C(=O)O)N(C)Cc1csc(-c2ccccc2)n1. The molecule has 0 saturated carbocycles. The number of hydrogen-bond acceptors (Lipinski definition) is 4. The number of thiazole rings is 1. The van der Waals surface area contributed by atoms with E-state index in [9.17, 15) is 4.79 Å². The van der Waals surface area contributed by atoms with Gasteiger partial charge in [0.1, 0.15) is 11.0 Å². The summed E-state index contributed by atoms with van der Waals surface area (Å²) in [6.45, 7) is 2.21. The molecule has 0 fully saturated rings. The van der Waals surface area contributed by atoms with E-state index >= 15 is 0 Å². The highest BCUT2D eigenvalue weighted by atomic mass is 32.1. The van der Waals surface area contributed by atoms with E-state index in [2.05, 4.69) is 4.98 Å². The van der Waals surface area contributed by atoms with Crippen LogP contribution in [-0.2, 0) is 11.3 Å². The summed E-state index contributed by atoms with van der Waals surface area (Å²) in [5.41, 5.74) is 1.99. The molecule has 2 aromatic rings. The molecule has 2 rings (SSSR count). The second kappa shape index (κ2) is 5.95. The lowest BCUT2D eigenvalue weighted by atomic mass is 10.2. The molecule has 19 heavy (non-hydrogen) atoms. The molecule has 0 aliphatic rings. The predicted molar refractivity (Wildman–Crippen MR) is 76.1 cm³/mol. The van der Waals surface area contributed by atoms with Gasteiger partial charge in [0, 0.05) is 17.5 Å². The number of nitrogens with zero attached hydrogens (tertiary/aromatic N) is 2. The predicted octanol–water partition coefficient (Wildman–Crippen LogP) is 2.72. The van der Waals surface area contributed by atoms with Crippen LogP contribution in [0.25, 0.3) is 10.6 Å². The standard InChI is InChI=1S/C14H16N2O2S/c1-10(14(17)18)16(2)8-12-9-19-13(15-12)11-6-4-3-5-7-11/h3-7,9-10H,8H2,1-2H3,(H,17,18).